The molecule has 0 aromatic carbocycles. The Hall–Kier alpha value is -1.06. The maximum absolute atomic E-state index is 11.4. The summed E-state index contributed by atoms with van der Waals surface area (Å²) >= 11 is 0. The lowest BCUT2D eigenvalue weighted by Crippen LogP contribution is -2.39. The lowest BCUT2D eigenvalue weighted by atomic mass is 9.90. The Morgan fingerprint density at radius 1 is 1.40 bits per heavy atom. The second-order valence-electron chi connectivity index (χ2n) is 4.69. The van der Waals surface area contributed by atoms with Gasteiger partial charge in [0.25, 0.3) is 0 Å². The summed E-state index contributed by atoms with van der Waals surface area (Å²) in [7, 11) is 0. The number of amides is 1. The van der Waals surface area contributed by atoms with Crippen molar-refractivity contribution in [3.05, 3.63) is 0 Å². The molecule has 0 radical (unpaired) electrons. The Morgan fingerprint density at radius 3 is 2.40 bits per heavy atom. The standard InChI is InChI=1S/C11H17NO3/c1-2-9(13)12-5-3-11(4-6-12)7-8(11)10(14)15/h8H,2-7H2,1H3,(H,14,15). The summed E-state index contributed by atoms with van der Waals surface area (Å²) in [4.78, 5) is 24.1. The second-order valence-corrected chi connectivity index (χ2v) is 4.69. The molecule has 1 amide bonds. The molecule has 1 heterocycles. The number of rotatable bonds is 2. The molecule has 15 heavy (non-hydrogen) atoms. The minimum atomic E-state index is -0.662. The van der Waals surface area contributed by atoms with E-state index in [4.69, 9.17) is 5.11 Å². The van der Waals surface area contributed by atoms with Crippen molar-refractivity contribution in [2.75, 3.05) is 13.1 Å². The molecule has 2 rings (SSSR count). The Labute approximate surface area is 89.3 Å². The minimum absolute atomic E-state index is 0.0381. The van der Waals surface area contributed by atoms with Gasteiger partial charge in [0, 0.05) is 19.5 Å². The molecule has 0 bridgehead atoms. The summed E-state index contributed by atoms with van der Waals surface area (Å²) in [6.45, 7) is 3.36. The van der Waals surface area contributed by atoms with Gasteiger partial charge in [0.05, 0.1) is 5.92 Å². The molecule has 1 saturated carbocycles. The summed E-state index contributed by atoms with van der Waals surface area (Å²) in [5.41, 5.74) is 0.0381. The smallest absolute Gasteiger partial charge is 0.307 e. The first-order valence-electron chi connectivity index (χ1n) is 5.59. The van der Waals surface area contributed by atoms with E-state index in [1.807, 2.05) is 11.8 Å². The van der Waals surface area contributed by atoms with E-state index in [1.54, 1.807) is 0 Å². The molecule has 2 aliphatic rings. The molecule has 4 nitrogen and oxygen atoms in total. The van der Waals surface area contributed by atoms with Crippen LogP contribution in [0.2, 0.25) is 0 Å². The first-order valence-corrected chi connectivity index (χ1v) is 5.59. The van der Waals surface area contributed by atoms with Gasteiger partial charge < -0.3 is 10.0 Å². The summed E-state index contributed by atoms with van der Waals surface area (Å²) in [5, 5.41) is 8.91. The van der Waals surface area contributed by atoms with Gasteiger partial charge in [0.1, 0.15) is 0 Å². The number of nitrogens with zero attached hydrogens (tertiary/aromatic N) is 1. The normalized spacial score (nSPS) is 27.8. The number of carbonyl (C=O) groups excluding carboxylic acids is 1. The molecular formula is C11H17NO3. The maximum atomic E-state index is 11.4. The fourth-order valence-electron chi connectivity index (χ4n) is 2.67. The van der Waals surface area contributed by atoms with Crippen LogP contribution in [0.1, 0.15) is 32.6 Å². The zero-order valence-corrected chi connectivity index (χ0v) is 9.03. The third-order valence-electron chi connectivity index (χ3n) is 3.90. The van der Waals surface area contributed by atoms with E-state index in [-0.39, 0.29) is 17.2 Å². The Bertz CT molecular complexity index is 292. The number of carboxylic acids is 1. The van der Waals surface area contributed by atoms with Crippen LogP contribution in [0.15, 0.2) is 0 Å². The number of likely N-dealkylation sites (tertiary alicyclic amines) is 1. The SMILES string of the molecule is CCC(=O)N1CCC2(CC1)CC2C(=O)O. The number of piperidine rings is 1. The highest BCUT2D eigenvalue weighted by atomic mass is 16.4. The highest BCUT2D eigenvalue weighted by Crippen LogP contribution is 2.59. The van der Waals surface area contributed by atoms with E-state index in [0.717, 1.165) is 32.4 Å². The van der Waals surface area contributed by atoms with Gasteiger partial charge in [-0.1, -0.05) is 6.92 Å². The molecule has 84 valence electrons. The summed E-state index contributed by atoms with van der Waals surface area (Å²) in [6, 6.07) is 0. The zero-order valence-electron chi connectivity index (χ0n) is 9.03. The van der Waals surface area contributed by atoms with Gasteiger partial charge in [0.15, 0.2) is 0 Å². The van der Waals surface area contributed by atoms with Crippen LogP contribution < -0.4 is 0 Å². The van der Waals surface area contributed by atoms with E-state index in [1.165, 1.54) is 0 Å². The topological polar surface area (TPSA) is 57.6 Å². The van der Waals surface area contributed by atoms with E-state index >= 15 is 0 Å². The van der Waals surface area contributed by atoms with Crippen molar-refractivity contribution in [2.45, 2.75) is 32.6 Å². The monoisotopic (exact) mass is 211 g/mol. The first-order chi connectivity index (χ1) is 7.09. The summed E-state index contributed by atoms with van der Waals surface area (Å²) in [6.07, 6.45) is 3.11. The highest BCUT2D eigenvalue weighted by molar-refractivity contribution is 5.77. The molecule has 1 atom stereocenters. The van der Waals surface area contributed by atoms with Crippen LogP contribution in [-0.2, 0) is 9.59 Å². The van der Waals surface area contributed by atoms with Crippen molar-refractivity contribution >= 4 is 11.9 Å². The van der Waals surface area contributed by atoms with E-state index in [0.29, 0.717) is 6.42 Å². The summed E-state index contributed by atoms with van der Waals surface area (Å²) in [5.74, 6) is -0.612. The Kier molecular flexibility index (Phi) is 2.44. The molecule has 1 spiro atoms. The van der Waals surface area contributed by atoms with Crippen molar-refractivity contribution in [3.63, 3.8) is 0 Å². The van der Waals surface area contributed by atoms with Crippen molar-refractivity contribution in [3.8, 4) is 0 Å². The third kappa shape index (κ3) is 1.73. The van der Waals surface area contributed by atoms with E-state index in [2.05, 4.69) is 0 Å². The number of hydrogen-bond donors (Lipinski definition) is 1. The van der Waals surface area contributed by atoms with Gasteiger partial charge in [-0.2, -0.15) is 0 Å². The number of carboxylic acid groups (broad SMARTS) is 1. The highest BCUT2D eigenvalue weighted by Gasteiger charge is 2.58. The van der Waals surface area contributed by atoms with Gasteiger partial charge in [-0.25, -0.2) is 0 Å². The minimum Gasteiger partial charge on any atom is -0.481 e. The molecule has 1 aliphatic carbocycles. The van der Waals surface area contributed by atoms with Gasteiger partial charge in [-0.3, -0.25) is 9.59 Å². The molecule has 1 unspecified atom stereocenters. The maximum Gasteiger partial charge on any atom is 0.307 e. The van der Waals surface area contributed by atoms with Crippen LogP contribution in [0.5, 0.6) is 0 Å². The van der Waals surface area contributed by atoms with Gasteiger partial charge in [0.2, 0.25) is 5.91 Å². The van der Waals surface area contributed by atoms with Gasteiger partial charge in [-0.05, 0) is 24.7 Å². The van der Waals surface area contributed by atoms with Crippen molar-refractivity contribution in [1.29, 1.82) is 0 Å². The van der Waals surface area contributed by atoms with Crippen LogP contribution in [0.4, 0.5) is 0 Å². The Morgan fingerprint density at radius 2 is 2.00 bits per heavy atom. The second kappa shape index (κ2) is 3.51. The number of hydrogen-bond acceptors (Lipinski definition) is 2. The molecule has 1 N–H and O–H groups in total. The lowest BCUT2D eigenvalue weighted by molar-refractivity contribution is -0.139. The molecular weight excluding hydrogens is 194 g/mol. The first kappa shape index (κ1) is 10.5. The van der Waals surface area contributed by atoms with Gasteiger partial charge >= 0.3 is 5.97 Å². The summed E-state index contributed by atoms with van der Waals surface area (Å²) < 4.78 is 0. The number of aliphatic carboxylic acids is 1. The number of carbonyl (C=O) groups is 2. The van der Waals surface area contributed by atoms with Crippen LogP contribution in [0.3, 0.4) is 0 Å². The average molecular weight is 211 g/mol. The van der Waals surface area contributed by atoms with Crippen molar-refractivity contribution in [2.24, 2.45) is 11.3 Å². The van der Waals surface area contributed by atoms with Crippen LogP contribution in [-0.4, -0.2) is 35.0 Å². The molecule has 0 aromatic heterocycles. The quantitative estimate of drug-likeness (QED) is 0.744. The van der Waals surface area contributed by atoms with Gasteiger partial charge in [-0.15, -0.1) is 0 Å². The molecule has 0 aromatic rings. The average Bonchev–Trinajstić information content (AvgIpc) is 2.93. The molecule has 1 saturated heterocycles. The molecule has 2 fully saturated rings. The van der Waals surface area contributed by atoms with Crippen molar-refractivity contribution in [1.82, 2.24) is 4.90 Å². The van der Waals surface area contributed by atoms with Crippen LogP contribution in [0.25, 0.3) is 0 Å². The lowest BCUT2D eigenvalue weighted by Gasteiger charge is -2.32. The van der Waals surface area contributed by atoms with E-state index < -0.39 is 5.97 Å². The van der Waals surface area contributed by atoms with Crippen LogP contribution in [0, 0.1) is 11.3 Å². The van der Waals surface area contributed by atoms with Crippen molar-refractivity contribution < 1.29 is 14.7 Å². The van der Waals surface area contributed by atoms with E-state index in [9.17, 15) is 9.59 Å². The Balaban J connectivity index is 1.89. The van der Waals surface area contributed by atoms with Crippen LogP contribution >= 0.6 is 0 Å². The predicted octanol–water partition coefficient (Wildman–Crippen LogP) is 1.11. The molecule has 1 aliphatic heterocycles. The third-order valence-corrected chi connectivity index (χ3v) is 3.90. The fourth-order valence-corrected chi connectivity index (χ4v) is 2.67. The largest absolute Gasteiger partial charge is 0.481 e. The predicted molar refractivity (Wildman–Crippen MR) is 54.3 cm³/mol. The molecule has 4 heteroatoms. The zero-order chi connectivity index (χ0) is 11.1. The fraction of sp³-hybridized carbons (Fsp3) is 0.818.